The van der Waals surface area contributed by atoms with Crippen molar-refractivity contribution in [1.29, 1.82) is 0 Å². The van der Waals surface area contributed by atoms with E-state index < -0.39 is 0 Å². The number of hydrogen-bond acceptors (Lipinski definition) is 4. The number of Topliss-reactive ketones (excluding diaryl/α,β-unsaturated/α-hetero) is 2. The van der Waals surface area contributed by atoms with Crippen molar-refractivity contribution in [3.05, 3.63) is 0 Å². The SMILES string of the molecule is CC[C@H](C(=O)CCNC(C)C(=O)CCNC(C)C)C(C)C. The van der Waals surface area contributed by atoms with Crippen molar-refractivity contribution in [2.45, 2.75) is 72.9 Å². The Balaban J connectivity index is 3.94. The standard InChI is InChI=1S/C17H34N2O2/c1-7-15(12(2)3)17(21)9-11-19-14(6)16(20)8-10-18-13(4)5/h12-15,18-19H,7-11H2,1-6H3/t14?,15-/m0/s1. The number of rotatable bonds is 12. The van der Waals surface area contributed by atoms with Crippen LogP contribution in [0.3, 0.4) is 0 Å². The van der Waals surface area contributed by atoms with Crippen molar-refractivity contribution in [2.75, 3.05) is 13.1 Å². The van der Waals surface area contributed by atoms with Crippen molar-refractivity contribution >= 4 is 11.6 Å². The first-order valence-electron chi connectivity index (χ1n) is 8.31. The molecule has 0 saturated heterocycles. The smallest absolute Gasteiger partial charge is 0.150 e. The predicted molar refractivity (Wildman–Crippen MR) is 88.5 cm³/mol. The van der Waals surface area contributed by atoms with Gasteiger partial charge in [-0.2, -0.15) is 0 Å². The van der Waals surface area contributed by atoms with Crippen molar-refractivity contribution < 1.29 is 9.59 Å². The average Bonchev–Trinajstić information content (AvgIpc) is 2.38. The number of ketones is 2. The van der Waals surface area contributed by atoms with E-state index in [0.717, 1.165) is 6.42 Å². The number of hydrogen-bond donors (Lipinski definition) is 2. The first kappa shape index (κ1) is 20.3. The van der Waals surface area contributed by atoms with Gasteiger partial charge in [0, 0.05) is 37.9 Å². The number of carbonyl (C=O) groups is 2. The van der Waals surface area contributed by atoms with Gasteiger partial charge in [0.15, 0.2) is 5.78 Å². The molecule has 21 heavy (non-hydrogen) atoms. The molecular formula is C17H34N2O2. The Bertz CT molecular complexity index is 314. The molecule has 0 amide bonds. The third-order valence-electron chi connectivity index (χ3n) is 3.89. The van der Waals surface area contributed by atoms with E-state index in [-0.39, 0.29) is 17.7 Å². The molecule has 4 heteroatoms. The van der Waals surface area contributed by atoms with Crippen LogP contribution in [0.5, 0.6) is 0 Å². The van der Waals surface area contributed by atoms with Crippen molar-refractivity contribution in [3.63, 3.8) is 0 Å². The maximum Gasteiger partial charge on any atom is 0.150 e. The summed E-state index contributed by atoms with van der Waals surface area (Å²) in [5, 5.41) is 6.41. The second kappa shape index (κ2) is 10.9. The molecule has 124 valence electrons. The summed E-state index contributed by atoms with van der Waals surface area (Å²) < 4.78 is 0. The number of carbonyl (C=O) groups excluding carboxylic acids is 2. The maximum absolute atomic E-state index is 12.1. The molecule has 0 fully saturated rings. The Morgan fingerprint density at radius 3 is 1.86 bits per heavy atom. The van der Waals surface area contributed by atoms with Gasteiger partial charge in [0.25, 0.3) is 0 Å². The van der Waals surface area contributed by atoms with Gasteiger partial charge in [-0.3, -0.25) is 9.59 Å². The molecule has 0 aliphatic carbocycles. The van der Waals surface area contributed by atoms with Gasteiger partial charge in [-0.15, -0.1) is 0 Å². The van der Waals surface area contributed by atoms with Gasteiger partial charge in [0.1, 0.15) is 5.78 Å². The van der Waals surface area contributed by atoms with E-state index in [9.17, 15) is 9.59 Å². The quantitative estimate of drug-likeness (QED) is 0.581. The van der Waals surface area contributed by atoms with Gasteiger partial charge in [0.2, 0.25) is 0 Å². The van der Waals surface area contributed by atoms with E-state index in [1.807, 2.05) is 6.92 Å². The van der Waals surface area contributed by atoms with Crippen LogP contribution in [-0.2, 0) is 9.59 Å². The van der Waals surface area contributed by atoms with E-state index in [1.54, 1.807) is 0 Å². The lowest BCUT2D eigenvalue weighted by Gasteiger charge is -2.18. The molecule has 0 aliphatic heterocycles. The van der Waals surface area contributed by atoms with Crippen LogP contribution in [0.4, 0.5) is 0 Å². The van der Waals surface area contributed by atoms with Crippen molar-refractivity contribution in [2.24, 2.45) is 11.8 Å². The molecule has 2 N–H and O–H groups in total. The molecule has 0 heterocycles. The summed E-state index contributed by atoms with van der Waals surface area (Å²) in [6.07, 6.45) is 1.94. The van der Waals surface area contributed by atoms with Crippen molar-refractivity contribution in [1.82, 2.24) is 10.6 Å². The van der Waals surface area contributed by atoms with Crippen LogP contribution in [0.2, 0.25) is 0 Å². The van der Waals surface area contributed by atoms with Gasteiger partial charge in [-0.25, -0.2) is 0 Å². The van der Waals surface area contributed by atoms with Gasteiger partial charge in [0.05, 0.1) is 6.04 Å². The number of nitrogens with one attached hydrogen (secondary N) is 2. The van der Waals surface area contributed by atoms with Crippen LogP contribution in [0.25, 0.3) is 0 Å². The van der Waals surface area contributed by atoms with Crippen LogP contribution in [0.1, 0.15) is 60.8 Å². The summed E-state index contributed by atoms with van der Waals surface area (Å²) in [5.41, 5.74) is 0. The molecule has 1 unspecified atom stereocenters. The molecule has 0 spiro atoms. The van der Waals surface area contributed by atoms with Gasteiger partial charge >= 0.3 is 0 Å². The first-order chi connectivity index (χ1) is 9.79. The predicted octanol–water partition coefficient (Wildman–Crippen LogP) is 2.56. The highest BCUT2D eigenvalue weighted by Gasteiger charge is 2.20. The van der Waals surface area contributed by atoms with Crippen LogP contribution < -0.4 is 10.6 Å². The highest BCUT2D eigenvalue weighted by Crippen LogP contribution is 2.17. The van der Waals surface area contributed by atoms with Gasteiger partial charge in [-0.05, 0) is 19.3 Å². The normalized spacial score (nSPS) is 14.5. The minimum Gasteiger partial charge on any atom is -0.314 e. The molecular weight excluding hydrogens is 264 g/mol. The maximum atomic E-state index is 12.1. The molecule has 0 bridgehead atoms. The zero-order valence-corrected chi connectivity index (χ0v) is 14.7. The topological polar surface area (TPSA) is 58.2 Å². The van der Waals surface area contributed by atoms with Gasteiger partial charge < -0.3 is 10.6 Å². The van der Waals surface area contributed by atoms with E-state index in [1.165, 1.54) is 0 Å². The Kier molecular flexibility index (Phi) is 10.5. The summed E-state index contributed by atoms with van der Waals surface area (Å²) in [6, 6.07) is 0.228. The molecule has 4 nitrogen and oxygen atoms in total. The minimum atomic E-state index is -0.175. The van der Waals surface area contributed by atoms with Crippen molar-refractivity contribution in [3.8, 4) is 0 Å². The summed E-state index contributed by atoms with van der Waals surface area (Å²) in [6.45, 7) is 13.6. The lowest BCUT2D eigenvalue weighted by atomic mass is 9.88. The Labute approximate surface area is 130 Å². The summed E-state index contributed by atoms with van der Waals surface area (Å²) in [4.78, 5) is 24.0. The van der Waals surface area contributed by atoms with Crippen LogP contribution >= 0.6 is 0 Å². The first-order valence-corrected chi connectivity index (χ1v) is 8.31. The minimum absolute atomic E-state index is 0.146. The average molecular weight is 298 g/mol. The fraction of sp³-hybridized carbons (Fsp3) is 0.882. The third-order valence-corrected chi connectivity index (χ3v) is 3.89. The van der Waals surface area contributed by atoms with Crippen LogP contribution in [-0.4, -0.2) is 36.7 Å². The molecule has 0 rings (SSSR count). The van der Waals surface area contributed by atoms with Crippen LogP contribution in [0.15, 0.2) is 0 Å². The summed E-state index contributed by atoms with van der Waals surface area (Å²) in [5.74, 6) is 1.05. The zero-order valence-electron chi connectivity index (χ0n) is 14.7. The van der Waals surface area contributed by atoms with E-state index >= 15 is 0 Å². The highest BCUT2D eigenvalue weighted by molar-refractivity contribution is 5.84. The monoisotopic (exact) mass is 298 g/mol. The molecule has 2 atom stereocenters. The van der Waals surface area contributed by atoms with E-state index in [0.29, 0.717) is 43.7 Å². The molecule has 0 aromatic carbocycles. The van der Waals surface area contributed by atoms with E-state index in [2.05, 4.69) is 45.3 Å². The largest absolute Gasteiger partial charge is 0.314 e. The van der Waals surface area contributed by atoms with Gasteiger partial charge in [-0.1, -0.05) is 34.6 Å². The molecule has 0 aromatic rings. The lowest BCUT2D eigenvalue weighted by Crippen LogP contribution is -2.38. The molecule has 0 radical (unpaired) electrons. The molecule has 0 aliphatic rings. The fourth-order valence-corrected chi connectivity index (χ4v) is 2.48. The van der Waals surface area contributed by atoms with E-state index in [4.69, 9.17) is 0 Å². The highest BCUT2D eigenvalue weighted by atomic mass is 16.1. The Hall–Kier alpha value is -0.740. The Morgan fingerprint density at radius 1 is 0.857 bits per heavy atom. The fourth-order valence-electron chi connectivity index (χ4n) is 2.48. The molecule has 0 aromatic heterocycles. The second-order valence-electron chi connectivity index (χ2n) is 6.48. The molecule has 0 saturated carbocycles. The summed E-state index contributed by atoms with van der Waals surface area (Å²) >= 11 is 0. The Morgan fingerprint density at radius 2 is 1.38 bits per heavy atom. The van der Waals surface area contributed by atoms with Crippen LogP contribution in [0, 0.1) is 11.8 Å². The second-order valence-corrected chi connectivity index (χ2v) is 6.48. The lowest BCUT2D eigenvalue weighted by molar-refractivity contribution is -0.125. The summed E-state index contributed by atoms with van der Waals surface area (Å²) in [7, 11) is 0. The zero-order chi connectivity index (χ0) is 16.4. The third kappa shape index (κ3) is 8.99.